The van der Waals surface area contributed by atoms with Crippen LogP contribution >= 0.6 is 0 Å². The van der Waals surface area contributed by atoms with E-state index in [2.05, 4.69) is 43.6 Å². The standard InChI is InChI=1S/C14H19N/c1-5-11-8-9-13(10-12(11)6-2)14(7-3)15-4/h5-6,8-10,14-15H,1-2,7H2,3-4H3/t14-/m1/s1. The molecule has 0 aliphatic rings. The molecule has 15 heavy (non-hydrogen) atoms. The highest BCUT2D eigenvalue weighted by atomic mass is 14.9. The van der Waals surface area contributed by atoms with Gasteiger partial charge >= 0.3 is 0 Å². The first-order chi connectivity index (χ1) is 7.26. The van der Waals surface area contributed by atoms with Gasteiger partial charge in [0.1, 0.15) is 0 Å². The molecule has 0 aliphatic carbocycles. The van der Waals surface area contributed by atoms with Gasteiger partial charge < -0.3 is 5.32 Å². The number of rotatable bonds is 5. The first-order valence-electron chi connectivity index (χ1n) is 5.32. The van der Waals surface area contributed by atoms with Crippen molar-refractivity contribution in [2.45, 2.75) is 19.4 Å². The van der Waals surface area contributed by atoms with Crippen molar-refractivity contribution in [2.75, 3.05) is 7.05 Å². The van der Waals surface area contributed by atoms with Crippen molar-refractivity contribution in [3.05, 3.63) is 48.0 Å². The van der Waals surface area contributed by atoms with Gasteiger partial charge in [-0.2, -0.15) is 0 Å². The molecule has 1 aromatic rings. The molecule has 0 amide bonds. The summed E-state index contributed by atoms with van der Waals surface area (Å²) < 4.78 is 0. The first kappa shape index (κ1) is 11.7. The van der Waals surface area contributed by atoms with Crippen molar-refractivity contribution < 1.29 is 0 Å². The van der Waals surface area contributed by atoms with Crippen LogP contribution in [0.2, 0.25) is 0 Å². The maximum Gasteiger partial charge on any atom is 0.0315 e. The Bertz CT molecular complexity index is 348. The van der Waals surface area contributed by atoms with Crippen LogP contribution in [0.1, 0.15) is 36.1 Å². The largest absolute Gasteiger partial charge is 0.313 e. The predicted octanol–water partition coefficient (Wildman–Crippen LogP) is 3.64. The molecule has 1 rings (SSSR count). The Labute approximate surface area is 92.5 Å². The molecular weight excluding hydrogens is 182 g/mol. The third-order valence-corrected chi connectivity index (χ3v) is 2.71. The zero-order chi connectivity index (χ0) is 11.3. The first-order valence-corrected chi connectivity index (χ1v) is 5.32. The van der Waals surface area contributed by atoms with Crippen molar-refractivity contribution >= 4 is 12.2 Å². The highest BCUT2D eigenvalue weighted by molar-refractivity contribution is 5.64. The summed E-state index contributed by atoms with van der Waals surface area (Å²) in [5.41, 5.74) is 3.59. The van der Waals surface area contributed by atoms with Crippen molar-refractivity contribution in [1.29, 1.82) is 0 Å². The maximum absolute atomic E-state index is 3.82. The minimum Gasteiger partial charge on any atom is -0.313 e. The average Bonchev–Trinajstić information content (AvgIpc) is 2.30. The van der Waals surface area contributed by atoms with E-state index in [1.165, 1.54) is 5.56 Å². The van der Waals surface area contributed by atoms with Crippen LogP contribution in [0, 0.1) is 0 Å². The molecule has 0 aromatic heterocycles. The van der Waals surface area contributed by atoms with Crippen LogP contribution in [-0.4, -0.2) is 7.05 Å². The van der Waals surface area contributed by atoms with Crippen molar-refractivity contribution in [3.63, 3.8) is 0 Å². The average molecular weight is 201 g/mol. The molecule has 1 N–H and O–H groups in total. The van der Waals surface area contributed by atoms with Gasteiger partial charge in [-0.25, -0.2) is 0 Å². The second kappa shape index (κ2) is 5.52. The second-order valence-electron chi connectivity index (χ2n) is 3.55. The van der Waals surface area contributed by atoms with E-state index in [1.807, 2.05) is 19.2 Å². The van der Waals surface area contributed by atoms with E-state index in [4.69, 9.17) is 0 Å². The summed E-state index contributed by atoms with van der Waals surface area (Å²) in [6, 6.07) is 6.84. The van der Waals surface area contributed by atoms with Crippen LogP contribution in [0.4, 0.5) is 0 Å². The summed E-state index contributed by atoms with van der Waals surface area (Å²) in [5.74, 6) is 0. The molecule has 0 saturated carbocycles. The van der Waals surface area contributed by atoms with E-state index in [0.29, 0.717) is 6.04 Å². The Morgan fingerprint density at radius 3 is 2.40 bits per heavy atom. The molecule has 0 radical (unpaired) electrons. The van der Waals surface area contributed by atoms with Crippen LogP contribution in [-0.2, 0) is 0 Å². The van der Waals surface area contributed by atoms with Crippen molar-refractivity contribution in [1.82, 2.24) is 5.32 Å². The lowest BCUT2D eigenvalue weighted by Gasteiger charge is -2.15. The summed E-state index contributed by atoms with van der Waals surface area (Å²) in [7, 11) is 1.99. The smallest absolute Gasteiger partial charge is 0.0315 e. The molecule has 0 saturated heterocycles. The number of benzene rings is 1. The van der Waals surface area contributed by atoms with Gasteiger partial charge in [0.15, 0.2) is 0 Å². The van der Waals surface area contributed by atoms with Gasteiger partial charge in [-0.15, -0.1) is 0 Å². The molecule has 0 heterocycles. The molecule has 0 spiro atoms. The lowest BCUT2D eigenvalue weighted by atomic mass is 9.98. The summed E-state index contributed by atoms with van der Waals surface area (Å²) in [6.45, 7) is 9.79. The number of nitrogens with one attached hydrogen (secondary N) is 1. The molecule has 1 nitrogen and oxygen atoms in total. The molecule has 80 valence electrons. The predicted molar refractivity (Wildman–Crippen MR) is 68.7 cm³/mol. The van der Waals surface area contributed by atoms with E-state index in [9.17, 15) is 0 Å². The SMILES string of the molecule is C=Cc1ccc([C@@H](CC)NC)cc1C=C. The molecule has 1 aromatic carbocycles. The molecule has 1 heteroatoms. The fraction of sp³-hybridized carbons (Fsp3) is 0.286. The summed E-state index contributed by atoms with van der Waals surface area (Å²) in [4.78, 5) is 0. The Hall–Kier alpha value is -1.34. The monoisotopic (exact) mass is 201 g/mol. The van der Waals surface area contributed by atoms with Gasteiger partial charge in [-0.1, -0.05) is 44.4 Å². The zero-order valence-corrected chi connectivity index (χ0v) is 9.59. The lowest BCUT2D eigenvalue weighted by Crippen LogP contribution is -2.15. The van der Waals surface area contributed by atoms with Crippen LogP contribution in [0.25, 0.3) is 12.2 Å². The number of hydrogen-bond donors (Lipinski definition) is 1. The molecule has 0 fully saturated rings. The minimum absolute atomic E-state index is 0.419. The molecule has 1 atom stereocenters. The van der Waals surface area contributed by atoms with E-state index in [1.54, 1.807) is 0 Å². The summed E-state index contributed by atoms with van der Waals surface area (Å²) in [6.07, 6.45) is 4.82. The van der Waals surface area contributed by atoms with Gasteiger partial charge in [0.2, 0.25) is 0 Å². The summed E-state index contributed by atoms with van der Waals surface area (Å²) >= 11 is 0. The molecule has 0 unspecified atom stereocenters. The lowest BCUT2D eigenvalue weighted by molar-refractivity contribution is 0.577. The van der Waals surface area contributed by atoms with Crippen LogP contribution < -0.4 is 5.32 Å². The van der Waals surface area contributed by atoms with Gasteiger partial charge in [-0.3, -0.25) is 0 Å². The topological polar surface area (TPSA) is 12.0 Å². The Kier molecular flexibility index (Phi) is 4.32. The third-order valence-electron chi connectivity index (χ3n) is 2.71. The fourth-order valence-electron chi connectivity index (χ4n) is 1.78. The van der Waals surface area contributed by atoms with Crippen LogP contribution in [0.3, 0.4) is 0 Å². The van der Waals surface area contributed by atoms with Gasteiger partial charge in [0.25, 0.3) is 0 Å². The zero-order valence-electron chi connectivity index (χ0n) is 9.59. The van der Waals surface area contributed by atoms with Gasteiger partial charge in [0, 0.05) is 6.04 Å². The third kappa shape index (κ3) is 2.57. The van der Waals surface area contributed by atoms with Crippen LogP contribution in [0.5, 0.6) is 0 Å². The Morgan fingerprint density at radius 1 is 1.27 bits per heavy atom. The Morgan fingerprint density at radius 2 is 1.93 bits per heavy atom. The van der Waals surface area contributed by atoms with E-state index < -0.39 is 0 Å². The van der Waals surface area contributed by atoms with Crippen molar-refractivity contribution in [3.8, 4) is 0 Å². The van der Waals surface area contributed by atoms with E-state index in [0.717, 1.165) is 17.5 Å². The Balaban J connectivity index is 3.12. The summed E-state index contributed by atoms with van der Waals surface area (Å²) in [5, 5.41) is 3.30. The highest BCUT2D eigenvalue weighted by Gasteiger charge is 2.07. The molecular formula is C14H19N. The van der Waals surface area contributed by atoms with Gasteiger partial charge in [0.05, 0.1) is 0 Å². The van der Waals surface area contributed by atoms with Gasteiger partial charge in [-0.05, 0) is 36.2 Å². The quantitative estimate of drug-likeness (QED) is 0.767. The minimum atomic E-state index is 0.419. The normalized spacial score (nSPS) is 12.1. The van der Waals surface area contributed by atoms with E-state index in [-0.39, 0.29) is 0 Å². The van der Waals surface area contributed by atoms with Crippen molar-refractivity contribution in [2.24, 2.45) is 0 Å². The van der Waals surface area contributed by atoms with Crippen LogP contribution in [0.15, 0.2) is 31.4 Å². The fourth-order valence-corrected chi connectivity index (χ4v) is 1.78. The number of hydrogen-bond acceptors (Lipinski definition) is 1. The molecule has 0 aliphatic heterocycles. The van der Waals surface area contributed by atoms with E-state index >= 15 is 0 Å². The maximum atomic E-state index is 3.82. The molecule has 0 bridgehead atoms. The highest BCUT2D eigenvalue weighted by Crippen LogP contribution is 2.21. The second-order valence-corrected chi connectivity index (χ2v) is 3.55.